The molecule has 7 heteroatoms. The van der Waals surface area contributed by atoms with Crippen LogP contribution in [0.3, 0.4) is 0 Å². The fourth-order valence-corrected chi connectivity index (χ4v) is 3.53. The van der Waals surface area contributed by atoms with Gasteiger partial charge in [-0.05, 0) is 25.1 Å². The van der Waals surface area contributed by atoms with Gasteiger partial charge in [-0.15, -0.1) is 11.8 Å². The normalized spacial score (nSPS) is 21.1. The zero-order valence-corrected chi connectivity index (χ0v) is 12.2. The minimum atomic E-state index is -0.645. The van der Waals surface area contributed by atoms with Crippen LogP contribution in [0.1, 0.15) is 12.6 Å². The van der Waals surface area contributed by atoms with Crippen LogP contribution in [0.4, 0.5) is 5.69 Å². The van der Waals surface area contributed by atoms with E-state index in [1.807, 2.05) is 25.1 Å². The molecule has 1 aliphatic rings. The standard InChI is InChI=1S/C13H12ClN3O2S/c1-13(10-5-15-11(18)12(19)16-10)6-20-9-4-7(14)2-3-8(9)17-13/h2-5,17H,6H2,1H3,(H,15,18)(H,16,19). The SMILES string of the molecule is CC1(c2c[nH]c(=O)c(=O)[nH]2)CSc2cc(Cl)ccc2N1. The average molecular weight is 310 g/mol. The van der Waals surface area contributed by atoms with Gasteiger partial charge in [0.2, 0.25) is 0 Å². The van der Waals surface area contributed by atoms with Crippen LogP contribution >= 0.6 is 23.4 Å². The van der Waals surface area contributed by atoms with Crippen molar-refractivity contribution in [2.75, 3.05) is 11.1 Å². The molecule has 2 heterocycles. The van der Waals surface area contributed by atoms with Crippen molar-refractivity contribution in [3.63, 3.8) is 0 Å². The van der Waals surface area contributed by atoms with Crippen molar-refractivity contribution in [1.29, 1.82) is 0 Å². The number of rotatable bonds is 1. The Hall–Kier alpha value is -1.66. The first-order valence-electron chi connectivity index (χ1n) is 6.01. The van der Waals surface area contributed by atoms with E-state index in [2.05, 4.69) is 15.3 Å². The van der Waals surface area contributed by atoms with E-state index in [9.17, 15) is 9.59 Å². The van der Waals surface area contributed by atoms with Gasteiger partial charge in [0.05, 0.1) is 11.2 Å². The summed E-state index contributed by atoms with van der Waals surface area (Å²) < 4.78 is 0. The number of aromatic amines is 2. The molecule has 1 atom stereocenters. The largest absolute Gasteiger partial charge is 0.373 e. The predicted octanol–water partition coefficient (Wildman–Crippen LogP) is 2.15. The topological polar surface area (TPSA) is 77.8 Å². The fourth-order valence-electron chi connectivity index (χ4n) is 2.14. The molecule has 0 saturated heterocycles. The summed E-state index contributed by atoms with van der Waals surface area (Å²) in [6.07, 6.45) is 1.54. The highest BCUT2D eigenvalue weighted by molar-refractivity contribution is 7.99. The second-order valence-corrected chi connectivity index (χ2v) is 6.33. The Morgan fingerprint density at radius 1 is 1.30 bits per heavy atom. The van der Waals surface area contributed by atoms with Crippen molar-refractivity contribution in [2.24, 2.45) is 0 Å². The van der Waals surface area contributed by atoms with E-state index in [1.165, 1.54) is 6.20 Å². The molecule has 2 aromatic rings. The van der Waals surface area contributed by atoms with Crippen LogP contribution < -0.4 is 16.4 Å². The molecule has 0 fully saturated rings. The lowest BCUT2D eigenvalue weighted by atomic mass is 10.00. The van der Waals surface area contributed by atoms with Crippen LogP contribution in [-0.2, 0) is 5.54 Å². The summed E-state index contributed by atoms with van der Waals surface area (Å²) in [7, 11) is 0. The molecule has 0 bridgehead atoms. The molecule has 0 saturated carbocycles. The first-order chi connectivity index (χ1) is 9.48. The smallest absolute Gasteiger partial charge is 0.313 e. The highest BCUT2D eigenvalue weighted by Crippen LogP contribution is 2.41. The Labute approximate surface area is 123 Å². The lowest BCUT2D eigenvalue weighted by Crippen LogP contribution is -2.42. The van der Waals surface area contributed by atoms with Crippen molar-refractivity contribution < 1.29 is 0 Å². The molecule has 5 nitrogen and oxygen atoms in total. The van der Waals surface area contributed by atoms with E-state index in [4.69, 9.17) is 11.6 Å². The van der Waals surface area contributed by atoms with Gasteiger partial charge in [-0.25, -0.2) is 0 Å². The summed E-state index contributed by atoms with van der Waals surface area (Å²) in [5.74, 6) is 0.711. The number of H-pyrrole nitrogens is 2. The number of hydrogen-bond acceptors (Lipinski definition) is 4. The monoisotopic (exact) mass is 309 g/mol. The third kappa shape index (κ3) is 2.25. The number of benzene rings is 1. The molecule has 0 aliphatic carbocycles. The third-order valence-electron chi connectivity index (χ3n) is 3.27. The molecule has 20 heavy (non-hydrogen) atoms. The van der Waals surface area contributed by atoms with Gasteiger partial charge in [0, 0.05) is 27.6 Å². The van der Waals surface area contributed by atoms with Crippen molar-refractivity contribution in [3.8, 4) is 0 Å². The minimum Gasteiger partial charge on any atom is -0.373 e. The number of nitrogens with one attached hydrogen (secondary N) is 3. The maximum absolute atomic E-state index is 11.5. The van der Waals surface area contributed by atoms with Crippen LogP contribution in [0.15, 0.2) is 38.9 Å². The Morgan fingerprint density at radius 3 is 2.85 bits per heavy atom. The van der Waals surface area contributed by atoms with E-state index in [-0.39, 0.29) is 0 Å². The molecule has 1 aromatic heterocycles. The minimum absolute atomic E-state index is 0.463. The van der Waals surface area contributed by atoms with Crippen LogP contribution in [0.25, 0.3) is 0 Å². The summed E-state index contributed by atoms with van der Waals surface area (Å²) in [5.41, 5.74) is -0.143. The van der Waals surface area contributed by atoms with Gasteiger partial charge >= 0.3 is 11.1 Å². The summed E-state index contributed by atoms with van der Waals surface area (Å²) in [6.45, 7) is 1.97. The quantitative estimate of drug-likeness (QED) is 0.705. The lowest BCUT2D eigenvalue weighted by Gasteiger charge is -2.36. The second kappa shape index (κ2) is 4.71. The van der Waals surface area contributed by atoms with Crippen molar-refractivity contribution >= 4 is 29.1 Å². The van der Waals surface area contributed by atoms with Crippen molar-refractivity contribution in [3.05, 3.63) is 55.8 Å². The summed E-state index contributed by atoms with van der Waals surface area (Å²) in [5, 5.41) is 4.09. The Balaban J connectivity index is 2.02. The summed E-state index contributed by atoms with van der Waals surface area (Å²) >= 11 is 7.63. The van der Waals surface area contributed by atoms with Gasteiger partial charge in [-0.2, -0.15) is 0 Å². The van der Waals surface area contributed by atoms with Crippen LogP contribution in [0.2, 0.25) is 5.02 Å². The molecular formula is C13H12ClN3O2S. The van der Waals surface area contributed by atoms with Gasteiger partial charge in [-0.1, -0.05) is 11.6 Å². The van der Waals surface area contributed by atoms with E-state index < -0.39 is 16.7 Å². The molecule has 0 amide bonds. The zero-order chi connectivity index (χ0) is 14.3. The van der Waals surface area contributed by atoms with Crippen LogP contribution in [-0.4, -0.2) is 15.7 Å². The number of fused-ring (bicyclic) bond motifs is 1. The molecule has 0 radical (unpaired) electrons. The van der Waals surface area contributed by atoms with E-state index in [1.54, 1.807) is 11.8 Å². The summed E-state index contributed by atoms with van der Waals surface area (Å²) in [6, 6.07) is 5.63. The van der Waals surface area contributed by atoms with Crippen molar-refractivity contribution in [2.45, 2.75) is 17.4 Å². The molecule has 3 N–H and O–H groups in total. The highest BCUT2D eigenvalue weighted by atomic mass is 35.5. The van der Waals surface area contributed by atoms with Gasteiger partial charge in [0.1, 0.15) is 0 Å². The highest BCUT2D eigenvalue weighted by Gasteiger charge is 2.32. The average Bonchev–Trinajstić information content (AvgIpc) is 2.42. The van der Waals surface area contributed by atoms with Gasteiger partial charge < -0.3 is 15.3 Å². The second-order valence-electron chi connectivity index (χ2n) is 4.87. The van der Waals surface area contributed by atoms with E-state index >= 15 is 0 Å². The molecule has 1 aliphatic heterocycles. The van der Waals surface area contributed by atoms with Gasteiger partial charge in [0.15, 0.2) is 0 Å². The summed E-state index contributed by atoms with van der Waals surface area (Å²) in [4.78, 5) is 28.8. The number of aromatic nitrogens is 2. The van der Waals surface area contributed by atoms with Crippen molar-refractivity contribution in [1.82, 2.24) is 9.97 Å². The maximum Gasteiger partial charge on any atom is 0.313 e. The maximum atomic E-state index is 11.5. The molecule has 104 valence electrons. The molecule has 0 spiro atoms. The Kier molecular flexibility index (Phi) is 3.14. The molecular weight excluding hydrogens is 298 g/mol. The van der Waals surface area contributed by atoms with Gasteiger partial charge in [-0.3, -0.25) is 9.59 Å². The number of halogens is 1. The molecule has 3 rings (SSSR count). The first-order valence-corrected chi connectivity index (χ1v) is 7.37. The zero-order valence-electron chi connectivity index (χ0n) is 10.6. The molecule has 1 unspecified atom stereocenters. The van der Waals surface area contributed by atoms with Crippen LogP contribution in [0, 0.1) is 0 Å². The molecule has 1 aromatic carbocycles. The Bertz CT molecular complexity index is 786. The number of hydrogen-bond donors (Lipinski definition) is 3. The van der Waals surface area contributed by atoms with Gasteiger partial charge in [0.25, 0.3) is 0 Å². The number of thioether (sulfide) groups is 1. The first kappa shape index (κ1) is 13.3. The van der Waals surface area contributed by atoms with Crippen LogP contribution in [0.5, 0.6) is 0 Å². The fraction of sp³-hybridized carbons (Fsp3) is 0.231. The predicted molar refractivity (Wildman–Crippen MR) is 80.8 cm³/mol. The lowest BCUT2D eigenvalue weighted by molar-refractivity contribution is 0.583. The van der Waals surface area contributed by atoms with E-state index in [0.29, 0.717) is 16.5 Å². The Morgan fingerprint density at radius 2 is 2.10 bits per heavy atom. The third-order valence-corrected chi connectivity index (χ3v) is 4.87. The number of anilines is 1. The van der Waals surface area contributed by atoms with E-state index in [0.717, 1.165) is 10.6 Å².